The molecule has 0 saturated carbocycles. The average molecular weight is 542 g/mol. The van der Waals surface area contributed by atoms with Crippen LogP contribution >= 0.6 is 24.0 Å². The average Bonchev–Trinajstić information content (AvgIpc) is 2.76. The second-order valence-corrected chi connectivity index (χ2v) is 7.48. The summed E-state index contributed by atoms with van der Waals surface area (Å²) in [6, 6.07) is 12.5. The highest BCUT2D eigenvalue weighted by Gasteiger charge is 2.20. The van der Waals surface area contributed by atoms with Gasteiger partial charge in [0.2, 0.25) is 0 Å². The number of benzene rings is 2. The van der Waals surface area contributed by atoms with Gasteiger partial charge in [-0.3, -0.25) is 4.90 Å². The van der Waals surface area contributed by atoms with Crippen LogP contribution in [-0.4, -0.2) is 48.8 Å². The van der Waals surface area contributed by atoms with E-state index in [1.807, 2.05) is 31.2 Å². The van der Waals surface area contributed by atoms with Gasteiger partial charge in [0.1, 0.15) is 5.82 Å². The SMILES string of the molecule is CCNC(=NCc1cccc(OC)c1O)NC1CCN(Cc2ccc(F)cc2)CC1.I. The largest absolute Gasteiger partial charge is 0.504 e. The van der Waals surface area contributed by atoms with E-state index in [9.17, 15) is 9.50 Å². The molecule has 0 radical (unpaired) electrons. The zero-order valence-corrected chi connectivity index (χ0v) is 20.4. The van der Waals surface area contributed by atoms with Gasteiger partial charge in [-0.1, -0.05) is 24.3 Å². The molecule has 2 aromatic rings. The molecule has 0 atom stereocenters. The molecule has 0 aliphatic carbocycles. The fraction of sp³-hybridized carbons (Fsp3) is 0.435. The molecule has 0 unspecified atom stereocenters. The molecule has 3 rings (SSSR count). The van der Waals surface area contributed by atoms with E-state index in [1.165, 1.54) is 19.2 Å². The van der Waals surface area contributed by atoms with Gasteiger partial charge in [0.05, 0.1) is 13.7 Å². The lowest BCUT2D eigenvalue weighted by molar-refractivity contribution is 0.198. The zero-order chi connectivity index (χ0) is 21.3. The molecule has 0 bridgehead atoms. The maximum Gasteiger partial charge on any atom is 0.191 e. The molecule has 0 amide bonds. The highest BCUT2D eigenvalue weighted by molar-refractivity contribution is 14.0. The van der Waals surface area contributed by atoms with Gasteiger partial charge in [0, 0.05) is 37.8 Å². The standard InChI is InChI=1S/C23H31FN4O2.HI/c1-3-25-23(26-15-18-5-4-6-21(30-2)22(18)29)27-20-11-13-28(14-12-20)16-17-7-9-19(24)10-8-17;/h4-10,20,29H,3,11-16H2,1-2H3,(H2,25,26,27);1H. The molecule has 8 heteroatoms. The Hall–Kier alpha value is -2.07. The highest BCUT2D eigenvalue weighted by atomic mass is 127. The van der Waals surface area contributed by atoms with Crippen molar-refractivity contribution < 1.29 is 14.2 Å². The number of ether oxygens (including phenoxy) is 1. The summed E-state index contributed by atoms with van der Waals surface area (Å²) < 4.78 is 18.2. The van der Waals surface area contributed by atoms with Crippen LogP contribution in [-0.2, 0) is 13.1 Å². The van der Waals surface area contributed by atoms with E-state index in [2.05, 4.69) is 20.5 Å². The molecule has 0 aromatic heterocycles. The van der Waals surface area contributed by atoms with E-state index in [0.717, 1.165) is 56.1 Å². The Morgan fingerprint density at radius 3 is 2.55 bits per heavy atom. The van der Waals surface area contributed by atoms with Crippen LogP contribution in [0.15, 0.2) is 47.5 Å². The zero-order valence-electron chi connectivity index (χ0n) is 18.1. The first-order chi connectivity index (χ1) is 14.6. The van der Waals surface area contributed by atoms with E-state index in [4.69, 9.17) is 4.74 Å². The molecule has 1 saturated heterocycles. The van der Waals surface area contributed by atoms with E-state index in [0.29, 0.717) is 18.3 Å². The van der Waals surface area contributed by atoms with Crippen molar-refractivity contribution in [3.05, 3.63) is 59.4 Å². The lowest BCUT2D eigenvalue weighted by Crippen LogP contribution is -2.48. The third kappa shape index (κ3) is 7.53. The van der Waals surface area contributed by atoms with Crippen LogP contribution in [0.2, 0.25) is 0 Å². The minimum absolute atomic E-state index is 0. The van der Waals surface area contributed by atoms with Crippen molar-refractivity contribution in [2.75, 3.05) is 26.7 Å². The summed E-state index contributed by atoms with van der Waals surface area (Å²) in [7, 11) is 1.54. The predicted octanol–water partition coefficient (Wildman–Crippen LogP) is 3.88. The van der Waals surface area contributed by atoms with Crippen molar-refractivity contribution in [3.8, 4) is 11.5 Å². The molecule has 1 heterocycles. The second kappa shape index (κ2) is 12.7. The number of aliphatic imine (C=N–C) groups is 1. The molecular formula is C23H32FIN4O2. The van der Waals surface area contributed by atoms with Crippen LogP contribution in [0.3, 0.4) is 0 Å². The Labute approximate surface area is 200 Å². The third-order valence-corrected chi connectivity index (χ3v) is 5.30. The van der Waals surface area contributed by atoms with Gasteiger partial charge in [0.25, 0.3) is 0 Å². The number of rotatable bonds is 7. The van der Waals surface area contributed by atoms with Gasteiger partial charge in [-0.05, 0) is 43.5 Å². The van der Waals surface area contributed by atoms with Gasteiger partial charge in [0.15, 0.2) is 17.5 Å². The molecule has 31 heavy (non-hydrogen) atoms. The molecular weight excluding hydrogens is 510 g/mol. The fourth-order valence-electron chi connectivity index (χ4n) is 3.62. The van der Waals surface area contributed by atoms with Gasteiger partial charge in [-0.15, -0.1) is 24.0 Å². The van der Waals surface area contributed by atoms with Crippen LogP contribution in [0.5, 0.6) is 11.5 Å². The highest BCUT2D eigenvalue weighted by Crippen LogP contribution is 2.29. The van der Waals surface area contributed by atoms with Gasteiger partial charge in [-0.25, -0.2) is 9.38 Å². The summed E-state index contributed by atoms with van der Waals surface area (Å²) >= 11 is 0. The number of aromatic hydroxyl groups is 1. The first-order valence-electron chi connectivity index (χ1n) is 10.5. The Morgan fingerprint density at radius 2 is 1.90 bits per heavy atom. The maximum absolute atomic E-state index is 13.1. The maximum atomic E-state index is 13.1. The van der Waals surface area contributed by atoms with E-state index >= 15 is 0 Å². The minimum Gasteiger partial charge on any atom is -0.504 e. The number of likely N-dealkylation sites (tertiary alicyclic amines) is 1. The van der Waals surface area contributed by atoms with Crippen molar-refractivity contribution in [2.24, 2.45) is 4.99 Å². The summed E-state index contributed by atoms with van der Waals surface area (Å²) in [5, 5.41) is 17.1. The summed E-state index contributed by atoms with van der Waals surface area (Å²) in [5.74, 6) is 1.14. The van der Waals surface area contributed by atoms with Crippen molar-refractivity contribution in [1.29, 1.82) is 0 Å². The summed E-state index contributed by atoms with van der Waals surface area (Å²) in [4.78, 5) is 7.03. The third-order valence-electron chi connectivity index (χ3n) is 5.30. The van der Waals surface area contributed by atoms with Gasteiger partial charge >= 0.3 is 0 Å². The first kappa shape index (κ1) is 25.2. The molecule has 6 nitrogen and oxygen atoms in total. The number of methoxy groups -OCH3 is 1. The number of hydrogen-bond acceptors (Lipinski definition) is 4. The molecule has 1 aliphatic rings. The van der Waals surface area contributed by atoms with Crippen LogP contribution in [0.1, 0.15) is 30.9 Å². The number of halogens is 2. The Bertz CT molecular complexity index is 840. The molecule has 2 aromatic carbocycles. The van der Waals surface area contributed by atoms with Crippen LogP contribution in [0, 0.1) is 5.82 Å². The number of nitrogens with zero attached hydrogens (tertiary/aromatic N) is 2. The van der Waals surface area contributed by atoms with E-state index < -0.39 is 0 Å². The van der Waals surface area contributed by atoms with Crippen molar-refractivity contribution >= 4 is 29.9 Å². The van der Waals surface area contributed by atoms with Crippen LogP contribution in [0.4, 0.5) is 4.39 Å². The Morgan fingerprint density at radius 1 is 1.19 bits per heavy atom. The Balaban J connectivity index is 0.00000341. The normalized spacial score (nSPS) is 15.3. The quantitative estimate of drug-likeness (QED) is 0.282. The van der Waals surface area contributed by atoms with Gasteiger partial charge in [-0.2, -0.15) is 0 Å². The molecule has 3 N–H and O–H groups in total. The number of phenolic OH excluding ortho intramolecular Hbond substituents is 1. The van der Waals surface area contributed by atoms with E-state index in [-0.39, 0.29) is 35.5 Å². The van der Waals surface area contributed by atoms with Crippen LogP contribution in [0.25, 0.3) is 0 Å². The summed E-state index contributed by atoms with van der Waals surface area (Å²) in [5.41, 5.74) is 1.86. The molecule has 1 aliphatic heterocycles. The Kier molecular flexibility index (Phi) is 10.3. The van der Waals surface area contributed by atoms with E-state index in [1.54, 1.807) is 6.07 Å². The number of hydrogen-bond donors (Lipinski definition) is 3. The van der Waals surface area contributed by atoms with Crippen LogP contribution < -0.4 is 15.4 Å². The topological polar surface area (TPSA) is 69.1 Å². The molecule has 0 spiro atoms. The minimum atomic E-state index is -0.195. The lowest BCUT2D eigenvalue weighted by Gasteiger charge is -2.33. The first-order valence-corrected chi connectivity index (χ1v) is 10.5. The number of nitrogens with one attached hydrogen (secondary N) is 2. The van der Waals surface area contributed by atoms with Gasteiger partial charge < -0.3 is 20.5 Å². The molecule has 170 valence electrons. The smallest absolute Gasteiger partial charge is 0.191 e. The second-order valence-electron chi connectivity index (χ2n) is 7.48. The lowest BCUT2D eigenvalue weighted by atomic mass is 10.0. The van der Waals surface area contributed by atoms with Crippen molar-refractivity contribution in [2.45, 2.75) is 38.9 Å². The monoisotopic (exact) mass is 542 g/mol. The number of guanidine groups is 1. The summed E-state index contributed by atoms with van der Waals surface area (Å²) in [6.07, 6.45) is 2.02. The number of para-hydroxylation sites is 1. The predicted molar refractivity (Wildman–Crippen MR) is 133 cm³/mol. The molecule has 1 fully saturated rings. The number of piperidine rings is 1. The summed E-state index contributed by atoms with van der Waals surface area (Å²) in [6.45, 7) is 5.96. The van der Waals surface area contributed by atoms with Crippen molar-refractivity contribution in [1.82, 2.24) is 15.5 Å². The fourth-order valence-corrected chi connectivity index (χ4v) is 3.62. The number of phenols is 1. The van der Waals surface area contributed by atoms with Crippen molar-refractivity contribution in [3.63, 3.8) is 0 Å².